The van der Waals surface area contributed by atoms with Gasteiger partial charge in [-0.2, -0.15) is 13.9 Å². The number of nitrogens with zero attached hydrogens (tertiary/aromatic N) is 4. The summed E-state index contributed by atoms with van der Waals surface area (Å²) in [7, 11) is 1.78. The second kappa shape index (κ2) is 9.66. The lowest BCUT2D eigenvalue weighted by Gasteiger charge is -2.16. The van der Waals surface area contributed by atoms with Crippen LogP contribution in [0.1, 0.15) is 24.4 Å². The predicted octanol–water partition coefficient (Wildman–Crippen LogP) is 1.21. The number of aliphatic hydroxyl groups is 1. The van der Waals surface area contributed by atoms with Gasteiger partial charge in [0.2, 0.25) is 0 Å². The summed E-state index contributed by atoms with van der Waals surface area (Å²) in [5.41, 5.74) is 0.572. The maximum atomic E-state index is 12.1. The van der Waals surface area contributed by atoms with Gasteiger partial charge in [0.1, 0.15) is 24.4 Å². The minimum absolute atomic E-state index is 0.0440. The van der Waals surface area contributed by atoms with Crippen LogP contribution in [0.4, 0.5) is 8.78 Å². The molecule has 0 aliphatic heterocycles. The highest BCUT2D eigenvalue weighted by Crippen LogP contribution is 2.18. The molecule has 0 amide bonds. The Morgan fingerprint density at radius 2 is 2.04 bits per heavy atom. The van der Waals surface area contributed by atoms with Crippen molar-refractivity contribution in [3.05, 3.63) is 42.0 Å². The van der Waals surface area contributed by atoms with Crippen molar-refractivity contribution in [1.29, 1.82) is 0 Å². The first kappa shape index (κ1) is 19.6. The Labute approximate surface area is 149 Å². The normalized spacial score (nSPS) is 12.9. The number of hydrogen-bond acceptors (Lipinski definition) is 5. The van der Waals surface area contributed by atoms with E-state index in [1.807, 2.05) is 6.92 Å². The molecule has 8 nitrogen and oxygen atoms in total. The Morgan fingerprint density at radius 3 is 2.62 bits per heavy atom. The fourth-order valence-electron chi connectivity index (χ4n) is 2.14. The third kappa shape index (κ3) is 5.96. The minimum Gasteiger partial charge on any atom is -0.435 e. The highest BCUT2D eigenvalue weighted by Gasteiger charge is 2.10. The third-order valence-electron chi connectivity index (χ3n) is 3.48. The van der Waals surface area contributed by atoms with E-state index in [1.165, 1.54) is 30.6 Å². The van der Waals surface area contributed by atoms with E-state index in [1.54, 1.807) is 11.7 Å². The van der Waals surface area contributed by atoms with Crippen LogP contribution in [0.25, 0.3) is 0 Å². The molecular weight excluding hydrogens is 346 g/mol. The minimum atomic E-state index is -2.87. The first-order valence-electron chi connectivity index (χ1n) is 8.07. The summed E-state index contributed by atoms with van der Waals surface area (Å²) in [5, 5.41) is 20.3. The average molecular weight is 368 g/mol. The summed E-state index contributed by atoms with van der Waals surface area (Å²) in [4.78, 5) is 8.48. The van der Waals surface area contributed by atoms with Crippen molar-refractivity contribution in [2.24, 2.45) is 12.0 Å². The van der Waals surface area contributed by atoms with E-state index in [9.17, 15) is 13.9 Å². The highest BCUT2D eigenvalue weighted by atomic mass is 19.3. The number of ether oxygens (including phenoxy) is 1. The van der Waals surface area contributed by atoms with E-state index in [4.69, 9.17) is 0 Å². The molecule has 10 heteroatoms. The van der Waals surface area contributed by atoms with Crippen LogP contribution in [0.3, 0.4) is 0 Å². The number of aliphatic hydroxyl groups excluding tert-OH is 1. The fraction of sp³-hybridized carbons (Fsp3) is 0.438. The molecule has 0 fully saturated rings. The van der Waals surface area contributed by atoms with Crippen molar-refractivity contribution in [3.8, 4) is 5.75 Å². The zero-order valence-corrected chi connectivity index (χ0v) is 14.6. The molecule has 0 bridgehead atoms. The number of nitrogens with one attached hydrogen (secondary N) is 2. The van der Waals surface area contributed by atoms with Crippen molar-refractivity contribution < 1.29 is 18.6 Å². The van der Waals surface area contributed by atoms with E-state index in [-0.39, 0.29) is 12.3 Å². The van der Waals surface area contributed by atoms with Gasteiger partial charge in [0, 0.05) is 20.1 Å². The summed E-state index contributed by atoms with van der Waals surface area (Å²) < 4.78 is 30.2. The Hall–Kier alpha value is -2.75. The predicted molar refractivity (Wildman–Crippen MR) is 91.9 cm³/mol. The molecule has 1 heterocycles. The number of rotatable bonds is 8. The van der Waals surface area contributed by atoms with E-state index in [0.717, 1.165) is 0 Å². The molecule has 26 heavy (non-hydrogen) atoms. The van der Waals surface area contributed by atoms with Crippen LogP contribution in [0, 0.1) is 0 Å². The van der Waals surface area contributed by atoms with Gasteiger partial charge in [0.15, 0.2) is 5.96 Å². The number of benzene rings is 1. The Morgan fingerprint density at radius 1 is 1.31 bits per heavy atom. The van der Waals surface area contributed by atoms with Crippen molar-refractivity contribution >= 4 is 5.96 Å². The van der Waals surface area contributed by atoms with Crippen LogP contribution >= 0.6 is 0 Å². The number of aromatic nitrogens is 3. The van der Waals surface area contributed by atoms with E-state index < -0.39 is 12.7 Å². The first-order valence-corrected chi connectivity index (χ1v) is 8.07. The molecule has 1 unspecified atom stereocenters. The Bertz CT molecular complexity index is 705. The van der Waals surface area contributed by atoms with Crippen LogP contribution in [0.5, 0.6) is 5.75 Å². The standard InChI is InChI=1S/C16H22F2N6O2/c1-3-19-16(21-9-14-22-10-23-24(14)2)20-8-13(25)11-4-6-12(7-5-11)26-15(17)18/h4-7,10,13,15,25H,3,8-9H2,1-2H3,(H2,19,20,21). The van der Waals surface area contributed by atoms with Crippen molar-refractivity contribution in [2.75, 3.05) is 13.1 Å². The van der Waals surface area contributed by atoms with Crippen LogP contribution < -0.4 is 15.4 Å². The molecule has 0 aliphatic carbocycles. The van der Waals surface area contributed by atoms with Gasteiger partial charge < -0.3 is 20.5 Å². The van der Waals surface area contributed by atoms with Crippen LogP contribution in [0.2, 0.25) is 0 Å². The SMILES string of the molecule is CCNC(=NCc1ncnn1C)NCC(O)c1ccc(OC(F)F)cc1. The fourth-order valence-corrected chi connectivity index (χ4v) is 2.14. The van der Waals surface area contributed by atoms with Crippen molar-refractivity contribution in [2.45, 2.75) is 26.2 Å². The number of alkyl halides is 2. The zero-order valence-electron chi connectivity index (χ0n) is 14.6. The average Bonchev–Trinajstić information content (AvgIpc) is 3.02. The highest BCUT2D eigenvalue weighted by molar-refractivity contribution is 5.79. The van der Waals surface area contributed by atoms with Gasteiger partial charge in [0.05, 0.1) is 6.10 Å². The first-order chi connectivity index (χ1) is 12.5. The number of guanidine groups is 1. The quantitative estimate of drug-likeness (QED) is 0.479. The zero-order chi connectivity index (χ0) is 18.9. The smallest absolute Gasteiger partial charge is 0.387 e. The van der Waals surface area contributed by atoms with E-state index in [2.05, 4.69) is 30.4 Å². The van der Waals surface area contributed by atoms with Gasteiger partial charge >= 0.3 is 6.61 Å². The molecule has 1 atom stereocenters. The van der Waals surface area contributed by atoms with Gasteiger partial charge in [-0.05, 0) is 24.6 Å². The number of halogens is 2. The molecule has 0 radical (unpaired) electrons. The van der Waals surface area contributed by atoms with Crippen LogP contribution in [-0.2, 0) is 13.6 Å². The van der Waals surface area contributed by atoms with Crippen molar-refractivity contribution in [1.82, 2.24) is 25.4 Å². The second-order valence-corrected chi connectivity index (χ2v) is 5.34. The maximum Gasteiger partial charge on any atom is 0.387 e. The Balaban J connectivity index is 1.91. The van der Waals surface area contributed by atoms with Gasteiger partial charge in [-0.15, -0.1) is 0 Å². The van der Waals surface area contributed by atoms with Crippen LogP contribution in [0.15, 0.2) is 35.6 Å². The van der Waals surface area contributed by atoms with Gasteiger partial charge in [0.25, 0.3) is 0 Å². The number of aryl methyl sites for hydroxylation is 1. The molecule has 2 rings (SSSR count). The summed E-state index contributed by atoms with van der Waals surface area (Å²) in [6.07, 6.45) is 0.616. The number of hydrogen-bond donors (Lipinski definition) is 3. The molecule has 0 aliphatic rings. The molecule has 142 valence electrons. The number of aliphatic imine (C=N–C) groups is 1. The summed E-state index contributed by atoms with van der Waals surface area (Å²) in [6, 6.07) is 5.84. The topological polar surface area (TPSA) is 96.6 Å². The lowest BCUT2D eigenvalue weighted by atomic mass is 10.1. The van der Waals surface area contributed by atoms with Gasteiger partial charge in [-0.25, -0.2) is 9.98 Å². The lowest BCUT2D eigenvalue weighted by Crippen LogP contribution is -2.39. The molecule has 1 aromatic heterocycles. The van der Waals surface area contributed by atoms with Crippen LogP contribution in [-0.4, -0.2) is 45.5 Å². The second-order valence-electron chi connectivity index (χ2n) is 5.34. The lowest BCUT2D eigenvalue weighted by molar-refractivity contribution is -0.0498. The largest absolute Gasteiger partial charge is 0.435 e. The molecular formula is C16H22F2N6O2. The summed E-state index contributed by atoms with van der Waals surface area (Å²) in [6.45, 7) is 0.236. The molecule has 0 saturated heterocycles. The van der Waals surface area contributed by atoms with E-state index in [0.29, 0.717) is 30.4 Å². The van der Waals surface area contributed by atoms with Gasteiger partial charge in [-0.3, -0.25) is 4.68 Å². The molecule has 3 N–H and O–H groups in total. The molecule has 2 aromatic rings. The van der Waals surface area contributed by atoms with Crippen molar-refractivity contribution in [3.63, 3.8) is 0 Å². The third-order valence-corrected chi connectivity index (χ3v) is 3.48. The summed E-state index contributed by atoms with van der Waals surface area (Å²) >= 11 is 0. The summed E-state index contributed by atoms with van der Waals surface area (Å²) in [5.74, 6) is 1.27. The Kier molecular flexibility index (Phi) is 7.27. The molecule has 1 aromatic carbocycles. The van der Waals surface area contributed by atoms with E-state index >= 15 is 0 Å². The molecule has 0 spiro atoms. The maximum absolute atomic E-state index is 12.1. The van der Waals surface area contributed by atoms with Gasteiger partial charge in [-0.1, -0.05) is 12.1 Å². The molecule has 0 saturated carbocycles. The monoisotopic (exact) mass is 368 g/mol.